The Balaban J connectivity index is 1.54. The summed E-state index contributed by atoms with van der Waals surface area (Å²) in [6.45, 7) is 0. The molecule has 1 heteroatoms. The first-order valence-electron chi connectivity index (χ1n) is 8.01. The molecule has 0 unspecified atom stereocenters. The molecular weight excluding hydrogens is 290 g/mol. The normalized spacial score (nSPS) is 12.3. The third-order valence-electron chi connectivity index (χ3n) is 3.53. The predicted octanol–water partition coefficient (Wildman–Crippen LogP) is 6.07. The zero-order chi connectivity index (χ0) is 16.5. The monoisotopic (exact) mass is 309 g/mol. The van der Waals surface area contributed by atoms with E-state index in [9.17, 15) is 0 Å². The van der Waals surface area contributed by atoms with E-state index in [1.807, 2.05) is 85.0 Å². The van der Waals surface area contributed by atoms with Crippen molar-refractivity contribution in [3.05, 3.63) is 114 Å². The van der Waals surface area contributed by atoms with E-state index >= 15 is 0 Å². The summed E-state index contributed by atoms with van der Waals surface area (Å²) in [5.41, 5.74) is 3.19. The van der Waals surface area contributed by atoms with Gasteiger partial charge >= 0.3 is 0 Å². The molecule has 2 aromatic carbocycles. The molecule has 116 valence electrons. The largest absolute Gasteiger partial charge is 0.248 e. The molecule has 0 spiro atoms. The van der Waals surface area contributed by atoms with Crippen molar-refractivity contribution in [2.75, 3.05) is 0 Å². The van der Waals surface area contributed by atoms with Gasteiger partial charge in [0.1, 0.15) is 0 Å². The highest BCUT2D eigenvalue weighted by Crippen LogP contribution is 2.12. The lowest BCUT2D eigenvalue weighted by Gasteiger charge is -1.97. The molecular formula is C23H19N. The number of hydrogen-bond donors (Lipinski definition) is 0. The highest BCUT2D eigenvalue weighted by molar-refractivity contribution is 5.79. The minimum Gasteiger partial charge on any atom is -0.248 e. The van der Waals surface area contributed by atoms with E-state index in [-0.39, 0.29) is 0 Å². The SMILES string of the molecule is C(=C/c1ccc2ccccc2n1)/C=C/C=C/C=C/c1ccccc1. The van der Waals surface area contributed by atoms with Crippen LogP contribution in [0.4, 0.5) is 0 Å². The first-order chi connectivity index (χ1) is 11.9. The highest BCUT2D eigenvalue weighted by Gasteiger charge is 1.93. The van der Waals surface area contributed by atoms with Crippen LogP contribution in [0.2, 0.25) is 0 Å². The molecule has 0 bridgehead atoms. The Bertz CT molecular complexity index is 899. The van der Waals surface area contributed by atoms with Gasteiger partial charge in [0.2, 0.25) is 0 Å². The molecule has 3 rings (SSSR count). The van der Waals surface area contributed by atoms with Crippen molar-refractivity contribution in [1.29, 1.82) is 0 Å². The zero-order valence-corrected chi connectivity index (χ0v) is 13.4. The van der Waals surface area contributed by atoms with Crippen LogP contribution in [0.5, 0.6) is 0 Å². The summed E-state index contributed by atoms with van der Waals surface area (Å²) in [6, 6.07) is 22.5. The third-order valence-corrected chi connectivity index (χ3v) is 3.53. The van der Waals surface area contributed by atoms with Gasteiger partial charge in [-0.2, -0.15) is 0 Å². The third kappa shape index (κ3) is 4.65. The molecule has 3 aromatic rings. The van der Waals surface area contributed by atoms with Crippen LogP contribution >= 0.6 is 0 Å². The van der Waals surface area contributed by atoms with E-state index in [0.717, 1.165) is 11.2 Å². The van der Waals surface area contributed by atoms with E-state index in [4.69, 9.17) is 0 Å². The van der Waals surface area contributed by atoms with E-state index < -0.39 is 0 Å². The minimum absolute atomic E-state index is 0.964. The van der Waals surface area contributed by atoms with Gasteiger partial charge in [-0.1, -0.05) is 97.1 Å². The Morgan fingerprint density at radius 2 is 1.21 bits per heavy atom. The molecule has 0 aliphatic carbocycles. The van der Waals surface area contributed by atoms with Crippen molar-refractivity contribution in [1.82, 2.24) is 4.98 Å². The number of rotatable bonds is 5. The van der Waals surface area contributed by atoms with Gasteiger partial charge in [0.15, 0.2) is 0 Å². The number of hydrogen-bond acceptors (Lipinski definition) is 1. The quantitative estimate of drug-likeness (QED) is 0.521. The molecule has 0 N–H and O–H groups in total. The Morgan fingerprint density at radius 3 is 2.04 bits per heavy atom. The lowest BCUT2D eigenvalue weighted by Crippen LogP contribution is -1.81. The molecule has 0 aliphatic rings. The fourth-order valence-electron chi connectivity index (χ4n) is 2.32. The summed E-state index contributed by atoms with van der Waals surface area (Å²) in [6.07, 6.45) is 16.2. The van der Waals surface area contributed by atoms with Crippen molar-refractivity contribution < 1.29 is 0 Å². The van der Waals surface area contributed by atoms with Gasteiger partial charge in [0, 0.05) is 5.39 Å². The fourth-order valence-corrected chi connectivity index (χ4v) is 2.32. The van der Waals surface area contributed by atoms with Crippen molar-refractivity contribution in [2.24, 2.45) is 0 Å². The fraction of sp³-hybridized carbons (Fsp3) is 0. The summed E-state index contributed by atoms with van der Waals surface area (Å²) in [4.78, 5) is 4.61. The Labute approximate surface area is 143 Å². The van der Waals surface area contributed by atoms with Crippen molar-refractivity contribution in [2.45, 2.75) is 0 Å². The number of aromatic nitrogens is 1. The Hall–Kier alpha value is -3.19. The summed E-state index contributed by atoms with van der Waals surface area (Å²) >= 11 is 0. The van der Waals surface area contributed by atoms with Crippen LogP contribution in [0, 0.1) is 0 Å². The highest BCUT2D eigenvalue weighted by atomic mass is 14.7. The number of allylic oxidation sites excluding steroid dienone is 6. The second-order valence-electron chi connectivity index (χ2n) is 5.33. The number of pyridine rings is 1. The smallest absolute Gasteiger partial charge is 0.0709 e. The molecule has 0 saturated heterocycles. The molecule has 0 amide bonds. The topological polar surface area (TPSA) is 12.9 Å². The van der Waals surface area contributed by atoms with Gasteiger partial charge in [0.05, 0.1) is 11.2 Å². The van der Waals surface area contributed by atoms with Gasteiger partial charge in [0.25, 0.3) is 0 Å². The second-order valence-corrected chi connectivity index (χ2v) is 5.33. The van der Waals surface area contributed by atoms with Gasteiger partial charge in [-0.25, -0.2) is 4.98 Å². The van der Waals surface area contributed by atoms with Crippen molar-refractivity contribution >= 4 is 23.1 Å². The number of nitrogens with zero attached hydrogens (tertiary/aromatic N) is 1. The van der Waals surface area contributed by atoms with Crippen LogP contribution < -0.4 is 0 Å². The lowest BCUT2D eigenvalue weighted by molar-refractivity contribution is 1.37. The maximum atomic E-state index is 4.61. The molecule has 1 heterocycles. The van der Waals surface area contributed by atoms with Crippen LogP contribution in [0.1, 0.15) is 11.3 Å². The summed E-state index contributed by atoms with van der Waals surface area (Å²) < 4.78 is 0. The number of benzene rings is 2. The van der Waals surface area contributed by atoms with Gasteiger partial charge in [-0.3, -0.25) is 0 Å². The minimum atomic E-state index is 0.964. The molecule has 0 aliphatic heterocycles. The average molecular weight is 309 g/mol. The number of fused-ring (bicyclic) bond motifs is 1. The predicted molar refractivity (Wildman–Crippen MR) is 105 cm³/mol. The lowest BCUT2D eigenvalue weighted by atomic mass is 10.2. The molecule has 1 nitrogen and oxygen atoms in total. The van der Waals surface area contributed by atoms with Crippen molar-refractivity contribution in [3.8, 4) is 0 Å². The molecule has 0 saturated carbocycles. The summed E-state index contributed by atoms with van der Waals surface area (Å²) in [5.74, 6) is 0. The first-order valence-corrected chi connectivity index (χ1v) is 8.01. The molecule has 0 atom stereocenters. The maximum Gasteiger partial charge on any atom is 0.0709 e. The summed E-state index contributed by atoms with van der Waals surface area (Å²) in [7, 11) is 0. The van der Waals surface area contributed by atoms with Crippen LogP contribution in [0.3, 0.4) is 0 Å². The van der Waals surface area contributed by atoms with Crippen LogP contribution in [0.15, 0.2) is 103 Å². The van der Waals surface area contributed by atoms with E-state index in [2.05, 4.69) is 35.3 Å². The molecule has 0 radical (unpaired) electrons. The zero-order valence-electron chi connectivity index (χ0n) is 13.4. The number of para-hydroxylation sites is 1. The molecule has 1 aromatic heterocycles. The Kier molecular flexibility index (Phi) is 5.52. The summed E-state index contributed by atoms with van der Waals surface area (Å²) in [5, 5.41) is 1.17. The average Bonchev–Trinajstić information content (AvgIpc) is 2.64. The van der Waals surface area contributed by atoms with Gasteiger partial charge in [-0.15, -0.1) is 0 Å². The Morgan fingerprint density at radius 1 is 0.542 bits per heavy atom. The van der Waals surface area contributed by atoms with Crippen LogP contribution in [0.25, 0.3) is 23.1 Å². The van der Waals surface area contributed by atoms with Crippen LogP contribution in [-0.2, 0) is 0 Å². The van der Waals surface area contributed by atoms with E-state index in [1.165, 1.54) is 10.9 Å². The van der Waals surface area contributed by atoms with E-state index in [1.54, 1.807) is 0 Å². The maximum absolute atomic E-state index is 4.61. The van der Waals surface area contributed by atoms with Crippen molar-refractivity contribution in [3.63, 3.8) is 0 Å². The first kappa shape index (κ1) is 15.7. The molecule has 0 fully saturated rings. The van der Waals surface area contributed by atoms with Gasteiger partial charge < -0.3 is 0 Å². The second kappa shape index (κ2) is 8.44. The standard InChI is InChI=1S/C23H19N/c1(3-6-12-20-13-7-5-8-14-20)2-4-9-16-22-19-18-21-15-10-11-17-23(21)24-22/h1-19H/b3-1+,4-2+,12-6+,16-9-. The van der Waals surface area contributed by atoms with Crippen LogP contribution in [-0.4, -0.2) is 4.98 Å². The molecule has 24 heavy (non-hydrogen) atoms. The van der Waals surface area contributed by atoms with E-state index in [0.29, 0.717) is 0 Å². The van der Waals surface area contributed by atoms with Gasteiger partial charge in [-0.05, 0) is 23.8 Å².